The van der Waals surface area contributed by atoms with Gasteiger partial charge in [-0.05, 0) is 32.8 Å². The van der Waals surface area contributed by atoms with Crippen LogP contribution in [0.1, 0.15) is 57.6 Å². The standard InChI is InChI=1S/C19H26FNO2/c1-19(2)13-23-17(15-10-6-7-11-16(15)20)12-21(19)18(22)14-8-4-3-5-9-14/h6-7,10-11,14,17H,3-5,8-9,12-13H2,1-2H3. The topological polar surface area (TPSA) is 29.5 Å². The van der Waals surface area contributed by atoms with Crippen molar-refractivity contribution in [3.63, 3.8) is 0 Å². The summed E-state index contributed by atoms with van der Waals surface area (Å²) in [5, 5.41) is 0. The monoisotopic (exact) mass is 319 g/mol. The average molecular weight is 319 g/mol. The number of halogens is 1. The molecule has 0 aromatic heterocycles. The Balaban J connectivity index is 1.79. The molecule has 0 radical (unpaired) electrons. The Morgan fingerprint density at radius 2 is 1.91 bits per heavy atom. The van der Waals surface area contributed by atoms with Crippen molar-refractivity contribution in [3.05, 3.63) is 35.6 Å². The fraction of sp³-hybridized carbons (Fsp3) is 0.632. The van der Waals surface area contributed by atoms with Crippen molar-refractivity contribution in [1.29, 1.82) is 0 Å². The van der Waals surface area contributed by atoms with Crippen LogP contribution in [-0.4, -0.2) is 29.5 Å². The van der Waals surface area contributed by atoms with Gasteiger partial charge in [0.2, 0.25) is 5.91 Å². The third-order valence-corrected chi connectivity index (χ3v) is 5.19. The molecule has 1 saturated carbocycles. The Hall–Kier alpha value is -1.42. The number of carbonyl (C=O) groups excluding carboxylic acids is 1. The maximum atomic E-state index is 14.1. The van der Waals surface area contributed by atoms with E-state index in [1.807, 2.05) is 24.8 Å². The molecule has 1 amide bonds. The second kappa shape index (κ2) is 6.60. The number of benzene rings is 1. The second-order valence-electron chi connectivity index (χ2n) is 7.42. The van der Waals surface area contributed by atoms with E-state index in [-0.39, 0.29) is 29.3 Å². The Labute approximate surface area is 137 Å². The molecule has 23 heavy (non-hydrogen) atoms. The van der Waals surface area contributed by atoms with E-state index in [9.17, 15) is 9.18 Å². The molecule has 2 fully saturated rings. The van der Waals surface area contributed by atoms with Crippen LogP contribution in [0.15, 0.2) is 24.3 Å². The number of carbonyl (C=O) groups is 1. The van der Waals surface area contributed by atoms with E-state index >= 15 is 0 Å². The summed E-state index contributed by atoms with van der Waals surface area (Å²) >= 11 is 0. The van der Waals surface area contributed by atoms with Crippen molar-refractivity contribution >= 4 is 5.91 Å². The summed E-state index contributed by atoms with van der Waals surface area (Å²) in [5.74, 6) is 0.0870. The van der Waals surface area contributed by atoms with Crippen LogP contribution in [0.2, 0.25) is 0 Å². The SMILES string of the molecule is CC1(C)COC(c2ccccc2F)CN1C(=O)C1CCCCC1. The molecule has 1 aromatic carbocycles. The van der Waals surface area contributed by atoms with E-state index in [1.54, 1.807) is 12.1 Å². The van der Waals surface area contributed by atoms with Crippen molar-refractivity contribution in [2.45, 2.75) is 57.6 Å². The summed E-state index contributed by atoms with van der Waals surface area (Å²) in [7, 11) is 0. The summed E-state index contributed by atoms with van der Waals surface area (Å²) in [5.41, 5.74) is 0.209. The third kappa shape index (κ3) is 3.42. The lowest BCUT2D eigenvalue weighted by Gasteiger charge is -2.47. The van der Waals surface area contributed by atoms with E-state index in [1.165, 1.54) is 12.5 Å². The maximum absolute atomic E-state index is 14.1. The lowest BCUT2D eigenvalue weighted by Crippen LogP contribution is -2.57. The molecular weight excluding hydrogens is 293 g/mol. The molecule has 126 valence electrons. The molecule has 4 heteroatoms. The summed E-state index contributed by atoms with van der Waals surface area (Å²) in [6.07, 6.45) is 5.09. The Morgan fingerprint density at radius 3 is 2.61 bits per heavy atom. The van der Waals surface area contributed by atoms with Gasteiger partial charge >= 0.3 is 0 Å². The zero-order chi connectivity index (χ0) is 16.4. The molecule has 2 aliphatic rings. The first kappa shape index (κ1) is 16.4. The molecule has 1 saturated heterocycles. The predicted octanol–water partition coefficient (Wildman–Crippen LogP) is 4.08. The highest BCUT2D eigenvalue weighted by Crippen LogP contribution is 2.34. The number of rotatable bonds is 2. The van der Waals surface area contributed by atoms with Gasteiger partial charge in [0.15, 0.2) is 0 Å². The van der Waals surface area contributed by atoms with Crippen LogP contribution in [0.25, 0.3) is 0 Å². The zero-order valence-corrected chi connectivity index (χ0v) is 14.1. The maximum Gasteiger partial charge on any atom is 0.226 e. The van der Waals surface area contributed by atoms with E-state index in [4.69, 9.17) is 4.74 Å². The van der Waals surface area contributed by atoms with Crippen molar-refractivity contribution in [1.82, 2.24) is 4.90 Å². The quantitative estimate of drug-likeness (QED) is 0.822. The van der Waals surface area contributed by atoms with E-state index in [2.05, 4.69) is 0 Å². The van der Waals surface area contributed by atoms with Gasteiger partial charge in [-0.1, -0.05) is 37.5 Å². The van der Waals surface area contributed by atoms with Crippen molar-refractivity contribution < 1.29 is 13.9 Å². The second-order valence-corrected chi connectivity index (χ2v) is 7.42. The van der Waals surface area contributed by atoms with Gasteiger partial charge in [-0.2, -0.15) is 0 Å². The molecule has 3 rings (SSSR count). The van der Waals surface area contributed by atoms with Crippen LogP contribution in [-0.2, 0) is 9.53 Å². The van der Waals surface area contributed by atoms with Gasteiger partial charge in [-0.15, -0.1) is 0 Å². The molecule has 1 atom stereocenters. The first-order valence-electron chi connectivity index (χ1n) is 8.66. The minimum Gasteiger partial charge on any atom is -0.369 e. The molecule has 1 aliphatic heterocycles. The third-order valence-electron chi connectivity index (χ3n) is 5.19. The van der Waals surface area contributed by atoms with Crippen LogP contribution < -0.4 is 0 Å². The summed E-state index contributed by atoms with van der Waals surface area (Å²) in [6.45, 7) is 4.93. The summed E-state index contributed by atoms with van der Waals surface area (Å²) < 4.78 is 20.0. The van der Waals surface area contributed by atoms with Crippen molar-refractivity contribution in [2.24, 2.45) is 5.92 Å². The van der Waals surface area contributed by atoms with Gasteiger partial charge in [0.1, 0.15) is 11.9 Å². The summed E-state index contributed by atoms with van der Waals surface area (Å²) in [6, 6.07) is 6.69. The minimum atomic E-state index is -0.378. The lowest BCUT2D eigenvalue weighted by atomic mass is 9.86. The Kier molecular flexibility index (Phi) is 4.72. The van der Waals surface area contributed by atoms with Crippen LogP contribution in [0.3, 0.4) is 0 Å². The first-order chi connectivity index (χ1) is 11.0. The number of ether oxygens (including phenoxy) is 1. The number of morpholine rings is 1. The van der Waals surface area contributed by atoms with Gasteiger partial charge in [0, 0.05) is 11.5 Å². The highest BCUT2D eigenvalue weighted by atomic mass is 19.1. The highest BCUT2D eigenvalue weighted by Gasteiger charge is 2.41. The van der Waals surface area contributed by atoms with E-state index in [0.29, 0.717) is 18.7 Å². The van der Waals surface area contributed by atoms with E-state index in [0.717, 1.165) is 25.7 Å². The number of amides is 1. The van der Waals surface area contributed by atoms with Gasteiger partial charge in [-0.3, -0.25) is 4.79 Å². The fourth-order valence-electron chi connectivity index (χ4n) is 3.73. The largest absolute Gasteiger partial charge is 0.369 e. The van der Waals surface area contributed by atoms with Crippen LogP contribution >= 0.6 is 0 Å². The highest BCUT2D eigenvalue weighted by molar-refractivity contribution is 5.80. The molecule has 0 spiro atoms. The molecule has 1 heterocycles. The Bertz CT molecular complexity index is 566. The van der Waals surface area contributed by atoms with Crippen molar-refractivity contribution in [2.75, 3.05) is 13.2 Å². The molecule has 1 aromatic rings. The molecule has 0 N–H and O–H groups in total. The van der Waals surface area contributed by atoms with Crippen LogP contribution in [0, 0.1) is 11.7 Å². The van der Waals surface area contributed by atoms with Crippen LogP contribution in [0.4, 0.5) is 4.39 Å². The normalized spacial score (nSPS) is 25.3. The molecule has 1 unspecified atom stereocenters. The van der Waals surface area contributed by atoms with E-state index < -0.39 is 0 Å². The smallest absolute Gasteiger partial charge is 0.226 e. The predicted molar refractivity (Wildman–Crippen MR) is 87.5 cm³/mol. The molecular formula is C19H26FNO2. The first-order valence-corrected chi connectivity index (χ1v) is 8.66. The fourth-order valence-corrected chi connectivity index (χ4v) is 3.73. The number of hydrogen-bond donors (Lipinski definition) is 0. The van der Waals surface area contributed by atoms with Gasteiger partial charge in [0.25, 0.3) is 0 Å². The summed E-state index contributed by atoms with van der Waals surface area (Å²) in [4.78, 5) is 14.9. The molecule has 1 aliphatic carbocycles. The average Bonchev–Trinajstić information content (AvgIpc) is 2.56. The molecule has 0 bridgehead atoms. The van der Waals surface area contributed by atoms with Gasteiger partial charge < -0.3 is 9.64 Å². The number of nitrogens with zero attached hydrogens (tertiary/aromatic N) is 1. The van der Waals surface area contributed by atoms with Crippen molar-refractivity contribution in [3.8, 4) is 0 Å². The molecule has 3 nitrogen and oxygen atoms in total. The van der Waals surface area contributed by atoms with Gasteiger partial charge in [0.05, 0.1) is 18.7 Å². The van der Waals surface area contributed by atoms with Crippen LogP contribution in [0.5, 0.6) is 0 Å². The lowest BCUT2D eigenvalue weighted by molar-refractivity contribution is -0.160. The minimum absolute atomic E-state index is 0.127. The van der Waals surface area contributed by atoms with Gasteiger partial charge in [-0.25, -0.2) is 4.39 Å². The Morgan fingerprint density at radius 1 is 1.22 bits per heavy atom. The number of hydrogen-bond acceptors (Lipinski definition) is 2. The zero-order valence-electron chi connectivity index (χ0n) is 14.1.